The van der Waals surface area contributed by atoms with Crippen molar-refractivity contribution in [1.29, 1.82) is 0 Å². The van der Waals surface area contributed by atoms with Crippen LogP contribution in [0.2, 0.25) is 0 Å². The highest BCUT2D eigenvalue weighted by atomic mass is 32.1. The van der Waals surface area contributed by atoms with Crippen LogP contribution in [-0.4, -0.2) is 11.1 Å². The van der Waals surface area contributed by atoms with Gasteiger partial charge >= 0.3 is 5.97 Å². The Balaban J connectivity index is 2.08. The lowest BCUT2D eigenvalue weighted by atomic mass is 9.94. The number of aromatic carboxylic acids is 1. The smallest absolute Gasteiger partial charge is 0.336 e. The third-order valence-electron chi connectivity index (χ3n) is 3.93. The molecular formula is C19H18O2S2. The van der Waals surface area contributed by atoms with Gasteiger partial charge in [0, 0.05) is 14.6 Å². The first-order valence-electron chi connectivity index (χ1n) is 7.67. The minimum absolute atomic E-state index is 0.480. The lowest BCUT2D eigenvalue weighted by Gasteiger charge is -2.12. The van der Waals surface area contributed by atoms with E-state index in [9.17, 15) is 9.90 Å². The van der Waals surface area contributed by atoms with Crippen LogP contribution in [0.15, 0.2) is 41.8 Å². The van der Waals surface area contributed by atoms with E-state index in [-0.39, 0.29) is 0 Å². The molecule has 0 radical (unpaired) electrons. The van der Waals surface area contributed by atoms with Gasteiger partial charge in [-0.05, 0) is 65.2 Å². The van der Waals surface area contributed by atoms with E-state index in [0.29, 0.717) is 5.56 Å². The van der Waals surface area contributed by atoms with E-state index in [1.807, 2.05) is 26.0 Å². The van der Waals surface area contributed by atoms with Crippen LogP contribution >= 0.6 is 22.7 Å². The van der Waals surface area contributed by atoms with Gasteiger partial charge in [0.2, 0.25) is 0 Å². The van der Waals surface area contributed by atoms with Crippen molar-refractivity contribution < 1.29 is 9.90 Å². The van der Waals surface area contributed by atoms with Crippen molar-refractivity contribution in [2.24, 2.45) is 0 Å². The Hall–Kier alpha value is -1.91. The molecule has 0 saturated carbocycles. The van der Waals surface area contributed by atoms with Crippen LogP contribution in [0.4, 0.5) is 0 Å². The number of benzene rings is 1. The first-order chi connectivity index (χ1) is 11.1. The van der Waals surface area contributed by atoms with Crippen molar-refractivity contribution in [3.8, 4) is 20.2 Å². The molecule has 1 aromatic carbocycles. The zero-order valence-electron chi connectivity index (χ0n) is 13.1. The van der Waals surface area contributed by atoms with Gasteiger partial charge in [-0.3, -0.25) is 0 Å². The molecule has 0 fully saturated rings. The summed E-state index contributed by atoms with van der Waals surface area (Å²) in [4.78, 5) is 15.3. The Morgan fingerprint density at radius 3 is 2.17 bits per heavy atom. The Morgan fingerprint density at radius 2 is 1.65 bits per heavy atom. The van der Waals surface area contributed by atoms with Crippen LogP contribution in [0.25, 0.3) is 20.2 Å². The summed E-state index contributed by atoms with van der Waals surface area (Å²) in [5.41, 5.74) is 3.43. The standard InChI is InChI=1S/C19H18O2S2/c1-3-12-10-14(11-13(4-2)18(12)19(20)21)15-7-8-17(23-15)16-6-5-9-22-16/h5-11H,3-4H2,1-2H3,(H,20,21). The molecule has 3 aromatic rings. The van der Waals surface area contributed by atoms with Gasteiger partial charge in [0.15, 0.2) is 0 Å². The summed E-state index contributed by atoms with van der Waals surface area (Å²) in [5.74, 6) is -0.823. The summed E-state index contributed by atoms with van der Waals surface area (Å²) in [6.07, 6.45) is 1.46. The maximum absolute atomic E-state index is 11.6. The van der Waals surface area contributed by atoms with E-state index in [1.165, 1.54) is 14.6 Å². The van der Waals surface area contributed by atoms with Crippen molar-refractivity contribution in [3.05, 3.63) is 58.5 Å². The number of carbonyl (C=O) groups is 1. The molecule has 23 heavy (non-hydrogen) atoms. The second-order valence-electron chi connectivity index (χ2n) is 5.32. The van der Waals surface area contributed by atoms with Gasteiger partial charge in [-0.25, -0.2) is 4.79 Å². The minimum atomic E-state index is -0.823. The average molecular weight is 342 g/mol. The maximum Gasteiger partial charge on any atom is 0.336 e. The van der Waals surface area contributed by atoms with Crippen LogP contribution in [0.3, 0.4) is 0 Å². The zero-order valence-corrected chi connectivity index (χ0v) is 14.8. The molecular weight excluding hydrogens is 324 g/mol. The second kappa shape index (κ2) is 6.69. The van der Waals surface area contributed by atoms with Crippen molar-refractivity contribution >= 4 is 28.6 Å². The van der Waals surface area contributed by atoms with Gasteiger partial charge in [-0.1, -0.05) is 19.9 Å². The molecule has 0 unspecified atom stereocenters. The molecule has 0 saturated heterocycles. The predicted octanol–water partition coefficient (Wildman–Crippen LogP) is 5.97. The molecule has 0 aliphatic rings. The van der Waals surface area contributed by atoms with E-state index in [1.54, 1.807) is 22.7 Å². The van der Waals surface area contributed by atoms with Crippen LogP contribution < -0.4 is 0 Å². The SMILES string of the molecule is CCc1cc(-c2ccc(-c3cccs3)s2)cc(CC)c1C(=O)O. The molecule has 4 heteroatoms. The molecule has 0 atom stereocenters. The van der Waals surface area contributed by atoms with Gasteiger partial charge < -0.3 is 5.11 Å². The highest BCUT2D eigenvalue weighted by molar-refractivity contribution is 7.23. The van der Waals surface area contributed by atoms with Crippen LogP contribution in [-0.2, 0) is 12.8 Å². The van der Waals surface area contributed by atoms with Crippen molar-refractivity contribution in [2.75, 3.05) is 0 Å². The van der Waals surface area contributed by atoms with Crippen LogP contribution in [0, 0.1) is 0 Å². The van der Waals surface area contributed by atoms with Gasteiger partial charge in [-0.15, -0.1) is 22.7 Å². The predicted molar refractivity (Wildman–Crippen MR) is 98.8 cm³/mol. The van der Waals surface area contributed by atoms with Crippen LogP contribution in [0.5, 0.6) is 0 Å². The van der Waals surface area contributed by atoms with E-state index in [2.05, 4.69) is 29.6 Å². The summed E-state index contributed by atoms with van der Waals surface area (Å²) in [6, 6.07) is 12.5. The maximum atomic E-state index is 11.6. The van der Waals surface area contributed by atoms with Gasteiger partial charge in [0.1, 0.15) is 0 Å². The Kier molecular flexibility index (Phi) is 4.64. The Bertz CT molecular complexity index is 804. The van der Waals surface area contributed by atoms with E-state index in [0.717, 1.165) is 29.5 Å². The molecule has 0 spiro atoms. The quantitative estimate of drug-likeness (QED) is 0.620. The van der Waals surface area contributed by atoms with Gasteiger partial charge in [-0.2, -0.15) is 0 Å². The Labute approximate surface area is 144 Å². The molecule has 2 heterocycles. The molecule has 0 bridgehead atoms. The summed E-state index contributed by atoms with van der Waals surface area (Å²) in [7, 11) is 0. The fourth-order valence-corrected chi connectivity index (χ4v) is 4.61. The normalized spacial score (nSPS) is 10.9. The first-order valence-corrected chi connectivity index (χ1v) is 9.36. The number of carboxylic acids is 1. The lowest BCUT2D eigenvalue weighted by Crippen LogP contribution is -2.07. The summed E-state index contributed by atoms with van der Waals surface area (Å²) < 4.78 is 0. The fraction of sp³-hybridized carbons (Fsp3) is 0.211. The average Bonchev–Trinajstić information content (AvgIpc) is 3.23. The van der Waals surface area contributed by atoms with Crippen molar-refractivity contribution in [2.45, 2.75) is 26.7 Å². The number of aryl methyl sites for hydroxylation is 2. The number of hydrogen-bond donors (Lipinski definition) is 1. The summed E-state index contributed by atoms with van der Waals surface area (Å²) in [6.45, 7) is 4.02. The topological polar surface area (TPSA) is 37.3 Å². The largest absolute Gasteiger partial charge is 0.478 e. The fourth-order valence-electron chi connectivity index (χ4n) is 2.79. The molecule has 3 rings (SSSR count). The third kappa shape index (κ3) is 3.09. The number of hydrogen-bond acceptors (Lipinski definition) is 3. The number of rotatable bonds is 5. The van der Waals surface area contributed by atoms with Crippen LogP contribution in [0.1, 0.15) is 35.3 Å². The highest BCUT2D eigenvalue weighted by Gasteiger charge is 2.16. The molecule has 2 nitrogen and oxygen atoms in total. The minimum Gasteiger partial charge on any atom is -0.478 e. The summed E-state index contributed by atoms with van der Waals surface area (Å²) >= 11 is 3.50. The molecule has 118 valence electrons. The van der Waals surface area contributed by atoms with Gasteiger partial charge in [0.25, 0.3) is 0 Å². The van der Waals surface area contributed by atoms with E-state index < -0.39 is 5.97 Å². The van der Waals surface area contributed by atoms with E-state index >= 15 is 0 Å². The van der Waals surface area contributed by atoms with Crippen molar-refractivity contribution in [1.82, 2.24) is 0 Å². The molecule has 0 aliphatic heterocycles. The molecule has 0 aliphatic carbocycles. The lowest BCUT2D eigenvalue weighted by molar-refractivity contribution is 0.0694. The van der Waals surface area contributed by atoms with Gasteiger partial charge in [0.05, 0.1) is 5.56 Å². The molecule has 0 amide bonds. The zero-order chi connectivity index (χ0) is 16.4. The highest BCUT2D eigenvalue weighted by Crippen LogP contribution is 2.37. The number of carboxylic acid groups (broad SMARTS) is 1. The van der Waals surface area contributed by atoms with Crippen molar-refractivity contribution in [3.63, 3.8) is 0 Å². The molecule has 1 N–H and O–H groups in total. The Morgan fingerprint density at radius 1 is 1.00 bits per heavy atom. The first kappa shape index (κ1) is 16.0. The second-order valence-corrected chi connectivity index (χ2v) is 7.35. The number of thiophene rings is 2. The third-order valence-corrected chi connectivity index (χ3v) is 6.13. The summed E-state index contributed by atoms with van der Waals surface area (Å²) in [5, 5.41) is 11.6. The van der Waals surface area contributed by atoms with E-state index in [4.69, 9.17) is 0 Å². The molecule has 2 aromatic heterocycles. The monoisotopic (exact) mass is 342 g/mol.